The molecule has 2 atom stereocenters. The molecule has 4 heterocycles. The Labute approximate surface area is 225 Å². The Kier molecular flexibility index (Phi) is 5.72. The number of anilines is 1. The topological polar surface area (TPSA) is 79.0 Å². The summed E-state index contributed by atoms with van der Waals surface area (Å²) in [6.07, 6.45) is 10.2. The summed E-state index contributed by atoms with van der Waals surface area (Å²) < 4.78 is 15.2. The van der Waals surface area contributed by atoms with E-state index in [0.29, 0.717) is 29.4 Å². The van der Waals surface area contributed by atoms with Crippen molar-refractivity contribution in [3.05, 3.63) is 95.0 Å². The first-order valence-corrected chi connectivity index (χ1v) is 13.4. The van der Waals surface area contributed by atoms with E-state index in [4.69, 9.17) is 15.1 Å². The molecule has 0 N–H and O–H groups in total. The summed E-state index contributed by atoms with van der Waals surface area (Å²) in [5.41, 5.74) is 5.04. The van der Waals surface area contributed by atoms with Gasteiger partial charge < -0.3 is 0 Å². The molecule has 2 aliphatic carbocycles. The Morgan fingerprint density at radius 1 is 1.08 bits per heavy atom. The van der Waals surface area contributed by atoms with E-state index in [0.717, 1.165) is 49.1 Å². The fraction of sp³-hybridized carbons (Fsp3) is 0.300. The fourth-order valence-electron chi connectivity index (χ4n) is 5.95. The van der Waals surface area contributed by atoms with Gasteiger partial charge in [0.25, 0.3) is 5.91 Å². The van der Waals surface area contributed by atoms with E-state index in [2.05, 4.69) is 22.0 Å². The van der Waals surface area contributed by atoms with Gasteiger partial charge in [0.1, 0.15) is 5.82 Å². The molecule has 9 heteroatoms. The number of hydrogen-bond donors (Lipinski definition) is 0. The molecule has 1 amide bonds. The van der Waals surface area contributed by atoms with Crippen molar-refractivity contribution in [2.75, 3.05) is 11.9 Å². The molecule has 0 radical (unpaired) electrons. The monoisotopic (exact) mass is 521 g/mol. The highest BCUT2D eigenvalue weighted by Gasteiger charge is 2.47. The zero-order valence-corrected chi connectivity index (χ0v) is 21.7. The lowest BCUT2D eigenvalue weighted by Crippen LogP contribution is -2.52. The smallest absolute Gasteiger partial charge is 0.264 e. The third-order valence-corrected chi connectivity index (χ3v) is 7.97. The van der Waals surface area contributed by atoms with Gasteiger partial charge in [0.2, 0.25) is 5.96 Å². The molecule has 196 valence electrons. The number of pyridine rings is 1. The summed E-state index contributed by atoms with van der Waals surface area (Å²) in [5, 5.41) is 5.08. The molecule has 7 rings (SSSR count). The third-order valence-electron chi connectivity index (χ3n) is 7.97. The highest BCUT2D eigenvalue weighted by molar-refractivity contribution is 6.18. The van der Waals surface area contributed by atoms with Crippen LogP contribution in [0.3, 0.4) is 0 Å². The molecular weight excluding hydrogens is 493 g/mol. The lowest BCUT2D eigenvalue weighted by atomic mass is 9.96. The molecule has 1 saturated carbocycles. The molecule has 2 aliphatic heterocycles. The van der Waals surface area contributed by atoms with Crippen molar-refractivity contribution in [3.8, 4) is 0 Å². The molecule has 8 nitrogen and oxygen atoms in total. The van der Waals surface area contributed by atoms with Crippen molar-refractivity contribution in [2.24, 2.45) is 9.98 Å². The molecular formula is C30H28FN7O. The number of hydrogen-bond acceptors (Lipinski definition) is 6. The van der Waals surface area contributed by atoms with Crippen LogP contribution >= 0.6 is 0 Å². The highest BCUT2D eigenvalue weighted by atomic mass is 19.1. The van der Waals surface area contributed by atoms with Crippen LogP contribution in [0.5, 0.6) is 0 Å². The molecule has 1 aromatic carbocycles. The SMILES string of the molecule is CN1C(=O)c2cc(=Nc3ccccc3)n(CC3=CC=C(c4ccc(F)cn4)CC3)nc2N2C1=NC1CCCC12. The van der Waals surface area contributed by atoms with E-state index >= 15 is 0 Å². The maximum Gasteiger partial charge on any atom is 0.264 e. The van der Waals surface area contributed by atoms with Crippen LogP contribution in [0.15, 0.2) is 82.4 Å². The van der Waals surface area contributed by atoms with Crippen LogP contribution in [0.25, 0.3) is 5.57 Å². The molecule has 39 heavy (non-hydrogen) atoms. The van der Waals surface area contributed by atoms with Gasteiger partial charge in [-0.3, -0.25) is 19.6 Å². The normalized spacial score (nSPS) is 22.3. The van der Waals surface area contributed by atoms with Crippen molar-refractivity contribution in [1.82, 2.24) is 19.7 Å². The van der Waals surface area contributed by atoms with E-state index in [1.807, 2.05) is 41.1 Å². The van der Waals surface area contributed by atoms with Crippen LogP contribution in [-0.4, -0.2) is 50.7 Å². The molecule has 0 saturated heterocycles. The van der Waals surface area contributed by atoms with Crippen molar-refractivity contribution in [1.29, 1.82) is 0 Å². The van der Waals surface area contributed by atoms with Gasteiger partial charge in [0.05, 0.1) is 41.8 Å². The van der Waals surface area contributed by atoms with Crippen LogP contribution < -0.4 is 10.4 Å². The zero-order valence-electron chi connectivity index (χ0n) is 21.7. The van der Waals surface area contributed by atoms with E-state index < -0.39 is 0 Å². The van der Waals surface area contributed by atoms with E-state index in [-0.39, 0.29) is 23.8 Å². The predicted molar refractivity (Wildman–Crippen MR) is 147 cm³/mol. The first-order chi connectivity index (χ1) is 19.0. The first kappa shape index (κ1) is 23.7. The minimum atomic E-state index is -0.337. The number of benzene rings is 1. The van der Waals surface area contributed by atoms with Gasteiger partial charge >= 0.3 is 0 Å². The van der Waals surface area contributed by atoms with Gasteiger partial charge in [-0.1, -0.05) is 30.4 Å². The van der Waals surface area contributed by atoms with Gasteiger partial charge in [0, 0.05) is 7.05 Å². The van der Waals surface area contributed by atoms with E-state index in [1.54, 1.807) is 18.0 Å². The Morgan fingerprint density at radius 2 is 1.95 bits per heavy atom. The number of guanidine groups is 1. The molecule has 2 aromatic heterocycles. The number of amides is 1. The fourth-order valence-corrected chi connectivity index (χ4v) is 5.95. The number of aliphatic imine (C=N–C) groups is 1. The molecule has 0 spiro atoms. The minimum absolute atomic E-state index is 0.111. The standard InChI is InChI=1S/C30H28FN7O/c1-36-29(39)23-16-27(33-22-6-3-2-4-7-22)37(35-28(23)38-26-9-5-8-25(26)34-30(36)38)18-19-10-12-20(13-11-19)24-15-14-21(31)17-32-24/h2-4,6-7,10,12,14-17,25-26H,5,8-9,11,13,18H2,1H3. The summed E-state index contributed by atoms with van der Waals surface area (Å²) in [7, 11) is 1.79. The van der Waals surface area contributed by atoms with Crippen LogP contribution in [0.4, 0.5) is 15.9 Å². The second-order valence-corrected chi connectivity index (χ2v) is 10.5. The summed E-state index contributed by atoms with van der Waals surface area (Å²) in [6, 6.07) is 15.2. The lowest BCUT2D eigenvalue weighted by molar-refractivity contribution is 0.0863. The second-order valence-electron chi connectivity index (χ2n) is 10.5. The van der Waals surface area contributed by atoms with E-state index in [1.165, 1.54) is 17.8 Å². The maximum absolute atomic E-state index is 13.5. The number of aromatic nitrogens is 3. The largest absolute Gasteiger partial charge is 0.289 e. The Balaban J connectivity index is 1.31. The average molecular weight is 522 g/mol. The second kappa shape index (κ2) is 9.41. The Bertz CT molecular complexity index is 1620. The summed E-state index contributed by atoms with van der Waals surface area (Å²) >= 11 is 0. The predicted octanol–water partition coefficient (Wildman–Crippen LogP) is 4.64. The Hall–Kier alpha value is -4.40. The number of allylic oxidation sites excluding steroid dienone is 4. The van der Waals surface area contributed by atoms with Crippen molar-refractivity contribution < 1.29 is 9.18 Å². The number of halogens is 1. The van der Waals surface area contributed by atoms with Crippen LogP contribution in [0.2, 0.25) is 0 Å². The van der Waals surface area contributed by atoms with Crippen LogP contribution in [0, 0.1) is 5.82 Å². The van der Waals surface area contributed by atoms with Crippen LogP contribution in [-0.2, 0) is 6.54 Å². The van der Waals surface area contributed by atoms with Gasteiger partial charge in [0.15, 0.2) is 11.3 Å². The van der Waals surface area contributed by atoms with Gasteiger partial charge in [-0.15, -0.1) is 0 Å². The number of carbonyl (C=O) groups is 1. The lowest BCUT2D eigenvalue weighted by Gasteiger charge is -2.36. The molecule has 2 unspecified atom stereocenters. The minimum Gasteiger partial charge on any atom is -0.289 e. The summed E-state index contributed by atoms with van der Waals surface area (Å²) in [6.45, 7) is 0.540. The molecule has 4 aliphatic rings. The number of nitrogens with zero attached hydrogens (tertiary/aromatic N) is 7. The number of carbonyl (C=O) groups excluding carboxylic acids is 1. The maximum atomic E-state index is 13.5. The van der Waals surface area contributed by atoms with Crippen LogP contribution in [0.1, 0.15) is 48.2 Å². The first-order valence-electron chi connectivity index (χ1n) is 13.4. The molecule has 1 fully saturated rings. The van der Waals surface area contributed by atoms with E-state index in [9.17, 15) is 9.18 Å². The summed E-state index contributed by atoms with van der Waals surface area (Å²) in [5.74, 6) is 0.919. The summed E-state index contributed by atoms with van der Waals surface area (Å²) in [4.78, 5) is 31.3. The number of para-hydroxylation sites is 1. The molecule has 0 bridgehead atoms. The molecule has 3 aromatic rings. The van der Waals surface area contributed by atoms with Crippen molar-refractivity contribution in [3.63, 3.8) is 0 Å². The van der Waals surface area contributed by atoms with Gasteiger partial charge in [-0.05, 0) is 73.6 Å². The zero-order chi connectivity index (χ0) is 26.5. The van der Waals surface area contributed by atoms with Crippen molar-refractivity contribution >= 4 is 28.9 Å². The third kappa shape index (κ3) is 4.18. The highest BCUT2D eigenvalue weighted by Crippen LogP contribution is 2.39. The Morgan fingerprint density at radius 3 is 2.72 bits per heavy atom. The van der Waals surface area contributed by atoms with Gasteiger partial charge in [-0.25, -0.2) is 19.1 Å². The number of rotatable bonds is 4. The number of fused-ring (bicyclic) bond motifs is 5. The average Bonchev–Trinajstić information content (AvgIpc) is 3.56. The quantitative estimate of drug-likeness (QED) is 0.501. The van der Waals surface area contributed by atoms with Gasteiger partial charge in [-0.2, -0.15) is 5.10 Å². The van der Waals surface area contributed by atoms with Crippen molar-refractivity contribution in [2.45, 2.75) is 50.7 Å².